The van der Waals surface area contributed by atoms with E-state index >= 15 is 0 Å². The smallest absolute Gasteiger partial charge is 0.149 e. The molecule has 0 aliphatic heterocycles. The first kappa shape index (κ1) is 14.9. The molecule has 0 aliphatic rings. The lowest BCUT2D eigenvalue weighted by molar-refractivity contribution is 1.27. The Labute approximate surface area is 141 Å². The Hall–Kier alpha value is -1.99. The molecule has 108 valence electrons. The number of nitrogens with one attached hydrogen (secondary N) is 1. The molecule has 0 saturated carbocycles. The van der Waals surface area contributed by atoms with Gasteiger partial charge in [0.2, 0.25) is 0 Å². The summed E-state index contributed by atoms with van der Waals surface area (Å²) in [6.45, 7) is 0. The summed E-state index contributed by atoms with van der Waals surface area (Å²) >= 11 is 18.3. The van der Waals surface area contributed by atoms with E-state index in [1.54, 1.807) is 18.2 Å². The maximum absolute atomic E-state index is 9.42. The van der Waals surface area contributed by atoms with Crippen LogP contribution in [0.2, 0.25) is 15.1 Å². The summed E-state index contributed by atoms with van der Waals surface area (Å²) in [6, 6.07) is 12.9. The Morgan fingerprint density at radius 2 is 1.82 bits per heavy atom. The summed E-state index contributed by atoms with van der Waals surface area (Å²) in [5.41, 5.74) is 2.44. The maximum Gasteiger partial charge on any atom is 0.149 e. The Morgan fingerprint density at radius 3 is 2.55 bits per heavy atom. The van der Waals surface area contributed by atoms with Crippen LogP contribution in [0.1, 0.15) is 11.4 Å². The second-order valence-corrected chi connectivity index (χ2v) is 5.72. The SMILES string of the molecule is N#C/C(=C\c1c(Cl)ccc(Cl)c1Cl)c1nc2ccccc2[nH]1. The van der Waals surface area contributed by atoms with E-state index in [9.17, 15) is 5.26 Å². The first-order valence-electron chi connectivity index (χ1n) is 6.30. The van der Waals surface area contributed by atoms with Gasteiger partial charge in [0.05, 0.1) is 26.7 Å². The van der Waals surface area contributed by atoms with Crippen LogP contribution in [0, 0.1) is 11.3 Å². The van der Waals surface area contributed by atoms with E-state index in [0.29, 0.717) is 32.0 Å². The van der Waals surface area contributed by atoms with Crippen molar-refractivity contribution in [3.63, 3.8) is 0 Å². The fourth-order valence-electron chi connectivity index (χ4n) is 2.05. The number of halogens is 3. The Balaban J connectivity index is 2.16. The van der Waals surface area contributed by atoms with E-state index in [1.165, 1.54) is 0 Å². The molecule has 3 nitrogen and oxygen atoms in total. The monoisotopic (exact) mass is 347 g/mol. The number of nitriles is 1. The minimum Gasteiger partial charge on any atom is -0.337 e. The van der Waals surface area contributed by atoms with Gasteiger partial charge in [-0.2, -0.15) is 5.26 Å². The quantitative estimate of drug-likeness (QED) is 0.485. The van der Waals surface area contributed by atoms with Crippen LogP contribution in [0.5, 0.6) is 0 Å². The van der Waals surface area contributed by atoms with E-state index < -0.39 is 0 Å². The third kappa shape index (κ3) is 2.69. The average molecular weight is 349 g/mol. The van der Waals surface area contributed by atoms with Gasteiger partial charge >= 0.3 is 0 Å². The zero-order valence-electron chi connectivity index (χ0n) is 11.1. The number of nitrogens with zero attached hydrogens (tertiary/aromatic N) is 2. The summed E-state index contributed by atoms with van der Waals surface area (Å²) in [5.74, 6) is 0.454. The molecule has 3 rings (SSSR count). The number of H-pyrrole nitrogens is 1. The first-order chi connectivity index (χ1) is 10.6. The van der Waals surface area contributed by atoms with E-state index in [2.05, 4.69) is 16.0 Å². The number of aromatic amines is 1. The molecule has 1 heterocycles. The number of allylic oxidation sites excluding steroid dienone is 1. The molecule has 1 aromatic heterocycles. The molecule has 0 amide bonds. The van der Waals surface area contributed by atoms with Gasteiger partial charge in [-0.05, 0) is 30.3 Å². The zero-order chi connectivity index (χ0) is 15.7. The van der Waals surface area contributed by atoms with Crippen molar-refractivity contribution in [2.45, 2.75) is 0 Å². The molecule has 0 bridgehead atoms. The van der Waals surface area contributed by atoms with Crippen LogP contribution < -0.4 is 0 Å². The van der Waals surface area contributed by atoms with Crippen LogP contribution >= 0.6 is 34.8 Å². The number of aromatic nitrogens is 2. The highest BCUT2D eigenvalue weighted by Gasteiger charge is 2.12. The molecule has 0 saturated heterocycles. The standard InChI is InChI=1S/C16H8Cl3N3/c17-11-5-6-12(18)15(19)10(11)7-9(8-20)16-21-13-3-1-2-4-14(13)22-16/h1-7H,(H,21,22)/b9-7+. The highest BCUT2D eigenvalue weighted by Crippen LogP contribution is 2.34. The van der Waals surface area contributed by atoms with Crippen LogP contribution in [0.3, 0.4) is 0 Å². The molecule has 6 heteroatoms. The number of rotatable bonds is 2. The number of fused-ring (bicyclic) bond motifs is 1. The summed E-state index contributed by atoms with van der Waals surface area (Å²) in [4.78, 5) is 7.50. The predicted octanol–water partition coefficient (Wildman–Crippen LogP) is 5.59. The minimum atomic E-state index is 0.304. The summed E-state index contributed by atoms with van der Waals surface area (Å²) in [7, 11) is 0. The Morgan fingerprint density at radius 1 is 1.09 bits per heavy atom. The van der Waals surface area contributed by atoms with Crippen LogP contribution in [0.4, 0.5) is 0 Å². The lowest BCUT2D eigenvalue weighted by Crippen LogP contribution is -1.87. The molecule has 0 aliphatic carbocycles. The normalized spacial score (nSPS) is 11.6. The van der Waals surface area contributed by atoms with Crippen molar-refractivity contribution in [3.8, 4) is 6.07 Å². The van der Waals surface area contributed by atoms with Gasteiger partial charge in [-0.1, -0.05) is 46.9 Å². The second kappa shape index (κ2) is 6.02. The molecular weight excluding hydrogens is 341 g/mol. The number of hydrogen-bond donors (Lipinski definition) is 1. The molecule has 3 aromatic rings. The van der Waals surface area contributed by atoms with Gasteiger partial charge < -0.3 is 4.98 Å². The molecule has 0 spiro atoms. The highest BCUT2D eigenvalue weighted by atomic mass is 35.5. The third-order valence-corrected chi connectivity index (χ3v) is 4.28. The van der Waals surface area contributed by atoms with Crippen molar-refractivity contribution in [2.24, 2.45) is 0 Å². The summed E-state index contributed by atoms with van der Waals surface area (Å²) in [6.07, 6.45) is 1.58. The second-order valence-electron chi connectivity index (χ2n) is 4.53. The van der Waals surface area contributed by atoms with E-state index in [1.807, 2.05) is 24.3 Å². The van der Waals surface area contributed by atoms with E-state index in [0.717, 1.165) is 11.0 Å². The van der Waals surface area contributed by atoms with E-state index in [-0.39, 0.29) is 0 Å². The van der Waals surface area contributed by atoms with Gasteiger partial charge in [0.1, 0.15) is 11.9 Å². The molecular formula is C16H8Cl3N3. The number of hydrogen-bond acceptors (Lipinski definition) is 2. The van der Waals surface area contributed by atoms with Crippen molar-refractivity contribution >= 4 is 57.5 Å². The fraction of sp³-hybridized carbons (Fsp3) is 0. The van der Waals surface area contributed by atoms with Gasteiger partial charge in [-0.15, -0.1) is 0 Å². The van der Waals surface area contributed by atoms with Crippen LogP contribution in [0.15, 0.2) is 36.4 Å². The number of imidazole rings is 1. The van der Waals surface area contributed by atoms with Gasteiger partial charge in [0.25, 0.3) is 0 Å². The molecule has 1 N–H and O–H groups in total. The van der Waals surface area contributed by atoms with E-state index in [4.69, 9.17) is 34.8 Å². The molecule has 0 fully saturated rings. The number of benzene rings is 2. The topological polar surface area (TPSA) is 52.5 Å². The van der Waals surface area contributed by atoms with Crippen molar-refractivity contribution in [1.29, 1.82) is 5.26 Å². The van der Waals surface area contributed by atoms with Crippen LogP contribution in [-0.4, -0.2) is 9.97 Å². The zero-order valence-corrected chi connectivity index (χ0v) is 13.3. The Kier molecular flexibility index (Phi) is 4.08. The molecule has 22 heavy (non-hydrogen) atoms. The van der Waals surface area contributed by atoms with Gasteiger partial charge in [0.15, 0.2) is 0 Å². The van der Waals surface area contributed by atoms with Gasteiger partial charge in [-0.3, -0.25) is 0 Å². The molecule has 0 unspecified atom stereocenters. The Bertz CT molecular complexity index is 902. The van der Waals surface area contributed by atoms with Crippen molar-refractivity contribution in [1.82, 2.24) is 9.97 Å². The first-order valence-corrected chi connectivity index (χ1v) is 7.44. The van der Waals surface area contributed by atoms with Crippen molar-refractivity contribution in [2.75, 3.05) is 0 Å². The lowest BCUT2D eigenvalue weighted by atomic mass is 10.1. The third-order valence-electron chi connectivity index (χ3n) is 3.13. The molecule has 0 radical (unpaired) electrons. The summed E-state index contributed by atoms with van der Waals surface area (Å²) in [5, 5.41) is 10.5. The minimum absolute atomic E-state index is 0.304. The lowest BCUT2D eigenvalue weighted by Gasteiger charge is -2.04. The highest BCUT2D eigenvalue weighted by molar-refractivity contribution is 6.44. The molecule has 2 aromatic carbocycles. The largest absolute Gasteiger partial charge is 0.337 e. The van der Waals surface area contributed by atoms with Crippen LogP contribution in [-0.2, 0) is 0 Å². The molecule has 0 atom stereocenters. The summed E-state index contributed by atoms with van der Waals surface area (Å²) < 4.78 is 0. The average Bonchev–Trinajstić information content (AvgIpc) is 2.95. The maximum atomic E-state index is 9.42. The predicted molar refractivity (Wildman–Crippen MR) is 91.0 cm³/mol. The van der Waals surface area contributed by atoms with Crippen molar-refractivity contribution < 1.29 is 0 Å². The fourth-order valence-corrected chi connectivity index (χ4v) is 2.70. The number of para-hydroxylation sites is 2. The van der Waals surface area contributed by atoms with Gasteiger partial charge in [0, 0.05) is 10.6 Å². The van der Waals surface area contributed by atoms with Crippen LogP contribution in [0.25, 0.3) is 22.7 Å². The van der Waals surface area contributed by atoms with Gasteiger partial charge in [-0.25, -0.2) is 4.98 Å². The van der Waals surface area contributed by atoms with Crippen molar-refractivity contribution in [3.05, 3.63) is 62.9 Å².